The number of carbonyl (C=O) groups is 2. The molecule has 5 heteroatoms. The third-order valence-electron chi connectivity index (χ3n) is 1.58. The van der Waals surface area contributed by atoms with Gasteiger partial charge in [-0.3, -0.25) is 4.90 Å². The van der Waals surface area contributed by atoms with Gasteiger partial charge in [0.1, 0.15) is 6.04 Å². The second-order valence-electron chi connectivity index (χ2n) is 2.17. The van der Waals surface area contributed by atoms with Gasteiger partial charge < -0.3 is 4.74 Å². The largest absolute Gasteiger partial charge is 0.419 e. The first-order valence-corrected chi connectivity index (χ1v) is 4.04. The second-order valence-corrected chi connectivity index (χ2v) is 3.17. The Morgan fingerprint density at radius 2 is 2.40 bits per heavy atom. The van der Waals surface area contributed by atoms with E-state index in [-0.39, 0.29) is 6.04 Å². The fraction of sp³-hybridized carbons (Fsp3) is 0.600. The maximum Gasteiger partial charge on any atom is 0.419 e. The third-order valence-corrected chi connectivity index (χ3v) is 2.59. The molecule has 0 bridgehead atoms. The van der Waals surface area contributed by atoms with Crippen LogP contribution in [0.4, 0.5) is 4.79 Å². The number of rotatable bonds is 0. The molecule has 0 N–H and O–H groups in total. The minimum Gasteiger partial charge on any atom is -0.375 e. The molecule has 1 atom stereocenters. The first kappa shape index (κ1) is 6.03. The summed E-state index contributed by atoms with van der Waals surface area (Å²) in [6, 6.07) is -0.294. The van der Waals surface area contributed by atoms with Crippen molar-refractivity contribution >= 4 is 23.8 Å². The van der Waals surface area contributed by atoms with E-state index in [1.165, 1.54) is 4.90 Å². The number of fused-ring (bicyclic) bond motifs is 1. The summed E-state index contributed by atoms with van der Waals surface area (Å²) in [6.07, 6.45) is -0.486. The van der Waals surface area contributed by atoms with Crippen LogP contribution in [0.1, 0.15) is 0 Å². The first-order chi connectivity index (χ1) is 4.79. The van der Waals surface area contributed by atoms with Crippen molar-refractivity contribution in [3.05, 3.63) is 0 Å². The van der Waals surface area contributed by atoms with E-state index >= 15 is 0 Å². The van der Waals surface area contributed by atoms with Crippen LogP contribution in [0.2, 0.25) is 0 Å². The number of cyclic esters (lactones) is 2. The Labute approximate surface area is 61.5 Å². The van der Waals surface area contributed by atoms with Crippen molar-refractivity contribution in [3.63, 3.8) is 0 Å². The monoisotopic (exact) mass is 159 g/mol. The lowest BCUT2D eigenvalue weighted by Gasteiger charge is -2.05. The van der Waals surface area contributed by atoms with E-state index in [2.05, 4.69) is 4.74 Å². The third kappa shape index (κ3) is 0.636. The predicted octanol–water partition coefficient (Wildman–Crippen LogP) is 0.0381. The first-order valence-electron chi connectivity index (χ1n) is 2.89. The van der Waals surface area contributed by atoms with Crippen molar-refractivity contribution in [2.24, 2.45) is 0 Å². The van der Waals surface area contributed by atoms with Crippen LogP contribution < -0.4 is 0 Å². The molecular weight excluding hydrogens is 154 g/mol. The molecular formula is C5H5NO3S. The lowest BCUT2D eigenvalue weighted by molar-refractivity contribution is -0.135. The second kappa shape index (κ2) is 1.88. The molecule has 2 saturated heterocycles. The highest BCUT2D eigenvalue weighted by atomic mass is 32.2. The van der Waals surface area contributed by atoms with Crippen LogP contribution in [0.3, 0.4) is 0 Å². The Bertz CT molecular complexity index is 185. The van der Waals surface area contributed by atoms with Crippen LogP contribution in [0.5, 0.6) is 0 Å². The molecule has 0 aromatic heterocycles. The lowest BCUT2D eigenvalue weighted by Crippen LogP contribution is -2.29. The highest BCUT2D eigenvalue weighted by Gasteiger charge is 2.44. The van der Waals surface area contributed by atoms with Crippen molar-refractivity contribution in [2.75, 3.05) is 11.6 Å². The molecule has 0 aromatic carbocycles. The molecule has 2 heterocycles. The van der Waals surface area contributed by atoms with E-state index in [0.29, 0.717) is 11.6 Å². The summed E-state index contributed by atoms with van der Waals surface area (Å²) in [5.74, 6) is 0.884. The summed E-state index contributed by atoms with van der Waals surface area (Å²) in [6.45, 7) is 0. The molecule has 1 amide bonds. The maximum absolute atomic E-state index is 10.8. The van der Waals surface area contributed by atoms with Crippen molar-refractivity contribution < 1.29 is 14.3 Å². The number of thioether (sulfide) groups is 1. The Balaban J connectivity index is 2.27. The van der Waals surface area contributed by atoms with Crippen molar-refractivity contribution in [1.29, 1.82) is 0 Å². The van der Waals surface area contributed by atoms with Gasteiger partial charge in [0.15, 0.2) is 0 Å². The molecule has 0 spiro atoms. The standard InChI is InChI=1S/C5H5NO3S/c7-4-3-1-10-2-6(3)5(8)9-4/h3H,1-2H2. The van der Waals surface area contributed by atoms with Crippen LogP contribution in [-0.4, -0.2) is 34.6 Å². The van der Waals surface area contributed by atoms with Gasteiger partial charge in [-0.15, -0.1) is 11.8 Å². The minimum atomic E-state index is -0.486. The number of hydrogen-bond acceptors (Lipinski definition) is 4. The molecule has 0 saturated carbocycles. The quantitative estimate of drug-likeness (QED) is 0.370. The molecule has 2 rings (SSSR count). The zero-order valence-corrected chi connectivity index (χ0v) is 5.89. The fourth-order valence-corrected chi connectivity index (χ4v) is 2.16. The summed E-state index contributed by atoms with van der Waals surface area (Å²) in [7, 11) is 0. The SMILES string of the molecule is O=C1OC(=O)N2CSCC12. The number of carbonyl (C=O) groups excluding carboxylic acids is 2. The van der Waals surface area contributed by atoms with Gasteiger partial charge in [0.25, 0.3) is 0 Å². The van der Waals surface area contributed by atoms with Crippen molar-refractivity contribution in [2.45, 2.75) is 6.04 Å². The molecule has 0 radical (unpaired) electrons. The summed E-state index contributed by atoms with van der Waals surface area (Å²) >= 11 is 1.58. The van der Waals surface area contributed by atoms with Gasteiger partial charge in [0.2, 0.25) is 0 Å². The Morgan fingerprint density at radius 1 is 1.60 bits per heavy atom. The fourth-order valence-electron chi connectivity index (χ4n) is 1.03. The van der Waals surface area contributed by atoms with Gasteiger partial charge in [0, 0.05) is 5.75 Å². The molecule has 2 aliphatic rings. The van der Waals surface area contributed by atoms with Crippen molar-refractivity contribution in [1.82, 2.24) is 4.90 Å². The molecule has 1 unspecified atom stereocenters. The number of esters is 1. The molecule has 2 aliphatic heterocycles. The molecule has 2 fully saturated rings. The summed E-state index contributed by atoms with van der Waals surface area (Å²) in [4.78, 5) is 23.0. The summed E-state index contributed by atoms with van der Waals surface area (Å²) in [5.41, 5.74) is 0. The Hall–Kier alpha value is -0.710. The molecule has 0 aliphatic carbocycles. The average Bonchev–Trinajstić information content (AvgIpc) is 2.39. The Kier molecular flexibility index (Phi) is 1.14. The predicted molar refractivity (Wildman–Crippen MR) is 34.4 cm³/mol. The van der Waals surface area contributed by atoms with E-state index in [4.69, 9.17) is 0 Å². The van der Waals surface area contributed by atoms with Crippen LogP contribution in [0, 0.1) is 0 Å². The number of ether oxygens (including phenoxy) is 1. The normalized spacial score (nSPS) is 30.8. The van der Waals surface area contributed by atoms with Crippen LogP contribution in [0.25, 0.3) is 0 Å². The zero-order chi connectivity index (χ0) is 7.14. The highest BCUT2D eigenvalue weighted by molar-refractivity contribution is 7.99. The molecule has 10 heavy (non-hydrogen) atoms. The van der Waals surface area contributed by atoms with E-state index in [0.717, 1.165) is 0 Å². The van der Waals surface area contributed by atoms with Gasteiger partial charge >= 0.3 is 12.1 Å². The van der Waals surface area contributed by atoms with Crippen LogP contribution in [-0.2, 0) is 9.53 Å². The average molecular weight is 159 g/mol. The molecule has 4 nitrogen and oxygen atoms in total. The van der Waals surface area contributed by atoms with Crippen LogP contribution >= 0.6 is 11.8 Å². The van der Waals surface area contributed by atoms with Gasteiger partial charge in [-0.1, -0.05) is 0 Å². The molecule has 0 aromatic rings. The van der Waals surface area contributed by atoms with Gasteiger partial charge in [-0.05, 0) is 0 Å². The summed E-state index contributed by atoms with van der Waals surface area (Å²) in [5, 5.41) is 0. The van der Waals surface area contributed by atoms with E-state index in [1.54, 1.807) is 11.8 Å². The Morgan fingerprint density at radius 3 is 3.10 bits per heavy atom. The van der Waals surface area contributed by atoms with Crippen molar-refractivity contribution in [3.8, 4) is 0 Å². The topological polar surface area (TPSA) is 46.6 Å². The van der Waals surface area contributed by atoms with E-state index in [1.807, 2.05) is 0 Å². The number of amides is 1. The molecule has 54 valence electrons. The van der Waals surface area contributed by atoms with E-state index in [9.17, 15) is 9.59 Å². The van der Waals surface area contributed by atoms with Gasteiger partial charge in [0.05, 0.1) is 5.88 Å². The van der Waals surface area contributed by atoms with E-state index < -0.39 is 12.1 Å². The smallest absolute Gasteiger partial charge is 0.375 e. The lowest BCUT2D eigenvalue weighted by atomic mass is 10.3. The van der Waals surface area contributed by atoms with Gasteiger partial charge in [-0.2, -0.15) is 0 Å². The minimum absolute atomic E-state index is 0.294. The summed E-state index contributed by atoms with van der Waals surface area (Å²) < 4.78 is 4.36. The number of hydrogen-bond donors (Lipinski definition) is 0. The maximum atomic E-state index is 10.8. The van der Waals surface area contributed by atoms with Crippen LogP contribution in [0.15, 0.2) is 0 Å². The van der Waals surface area contributed by atoms with Gasteiger partial charge in [-0.25, -0.2) is 9.59 Å². The highest BCUT2D eigenvalue weighted by Crippen LogP contribution is 2.26. The number of nitrogens with zero attached hydrogens (tertiary/aromatic N) is 1. The zero-order valence-electron chi connectivity index (χ0n) is 5.07.